The largest absolute Gasteiger partial charge is 0.411 e. The number of nitrogens with one attached hydrogen (secondary N) is 1. The minimum Gasteiger partial charge on any atom is -0.411 e. The average Bonchev–Trinajstić information content (AvgIpc) is 2.61. The number of quaternary nitrogens is 1. The van der Waals surface area contributed by atoms with E-state index < -0.39 is 0 Å². The first-order chi connectivity index (χ1) is 12.4. The van der Waals surface area contributed by atoms with Crippen molar-refractivity contribution in [3.8, 4) is 0 Å². The van der Waals surface area contributed by atoms with Gasteiger partial charge in [-0.05, 0) is 6.07 Å². The molecule has 0 atom stereocenters. The van der Waals surface area contributed by atoms with Crippen molar-refractivity contribution in [3.63, 3.8) is 0 Å². The van der Waals surface area contributed by atoms with E-state index in [0.29, 0.717) is 17.8 Å². The van der Waals surface area contributed by atoms with E-state index in [1.165, 1.54) is 11.8 Å². The summed E-state index contributed by atoms with van der Waals surface area (Å²) < 4.78 is 2.62. The zero-order valence-electron chi connectivity index (χ0n) is 15.7. The standard InChI is InChI=1S/C20H26N4O2/c1-23-15-18(10-11-19(23)14-22-26)20(25)21-12-7-13-24(2,3)16-17-8-5-4-6-9-17/h4-6,8-11,14-15H,7,12-13,16H2,1-3H3/p+2. The lowest BCUT2D eigenvalue weighted by molar-refractivity contribution is -0.903. The Morgan fingerprint density at radius 1 is 1.23 bits per heavy atom. The molecule has 2 N–H and O–H groups in total. The number of nitrogens with zero attached hydrogens (tertiary/aromatic N) is 3. The minimum atomic E-state index is -0.0959. The fourth-order valence-corrected chi connectivity index (χ4v) is 2.91. The summed E-state index contributed by atoms with van der Waals surface area (Å²) in [6.45, 7) is 2.59. The summed E-state index contributed by atoms with van der Waals surface area (Å²) >= 11 is 0. The van der Waals surface area contributed by atoms with E-state index in [1.54, 1.807) is 29.9 Å². The van der Waals surface area contributed by atoms with Crippen molar-refractivity contribution >= 4 is 12.1 Å². The number of pyridine rings is 1. The van der Waals surface area contributed by atoms with Gasteiger partial charge in [0.2, 0.25) is 5.69 Å². The number of rotatable bonds is 8. The lowest BCUT2D eigenvalue weighted by Gasteiger charge is -2.30. The monoisotopic (exact) mass is 356 g/mol. The third-order valence-corrected chi connectivity index (χ3v) is 4.31. The number of carbonyl (C=O) groups is 1. The topological polar surface area (TPSA) is 65.6 Å². The van der Waals surface area contributed by atoms with Gasteiger partial charge in [0.05, 0.1) is 20.6 Å². The lowest BCUT2D eigenvalue weighted by atomic mass is 10.2. The van der Waals surface area contributed by atoms with Crippen LogP contribution in [0.3, 0.4) is 0 Å². The first-order valence-corrected chi connectivity index (χ1v) is 8.72. The molecular weight excluding hydrogens is 328 g/mol. The molecule has 0 aliphatic rings. The summed E-state index contributed by atoms with van der Waals surface area (Å²) in [5.41, 5.74) is 2.62. The third kappa shape index (κ3) is 5.97. The third-order valence-electron chi connectivity index (χ3n) is 4.31. The fraction of sp³-hybridized carbons (Fsp3) is 0.350. The Bertz CT molecular complexity index is 758. The molecular formula is C20H28N4O2+2. The van der Waals surface area contributed by atoms with Gasteiger partial charge in [-0.3, -0.25) is 4.79 Å². The molecule has 6 nitrogen and oxygen atoms in total. The Morgan fingerprint density at radius 3 is 2.62 bits per heavy atom. The van der Waals surface area contributed by atoms with E-state index >= 15 is 0 Å². The van der Waals surface area contributed by atoms with Crippen LogP contribution in [0.15, 0.2) is 53.8 Å². The van der Waals surface area contributed by atoms with E-state index in [2.05, 4.69) is 48.8 Å². The fourth-order valence-electron chi connectivity index (χ4n) is 2.91. The molecule has 2 rings (SSSR count). The lowest BCUT2D eigenvalue weighted by Crippen LogP contribution is -2.41. The van der Waals surface area contributed by atoms with Crippen LogP contribution in [0.4, 0.5) is 0 Å². The highest BCUT2D eigenvalue weighted by molar-refractivity contribution is 5.93. The van der Waals surface area contributed by atoms with Crippen molar-refractivity contribution in [3.05, 3.63) is 65.5 Å². The predicted molar refractivity (Wildman–Crippen MR) is 101 cm³/mol. The SMILES string of the molecule is C[n+]1cc(C(=O)NCCC[N+](C)(C)Cc2ccccc2)ccc1/C=N/O. The Balaban J connectivity index is 1.80. The Kier molecular flexibility index (Phi) is 6.86. The zero-order chi connectivity index (χ0) is 19.0. The molecule has 1 aromatic carbocycles. The molecule has 138 valence electrons. The number of aromatic nitrogens is 1. The number of carbonyl (C=O) groups excluding carboxylic acids is 1. The van der Waals surface area contributed by atoms with Gasteiger partial charge in [-0.2, -0.15) is 4.57 Å². The molecule has 0 aliphatic heterocycles. The maximum absolute atomic E-state index is 12.3. The van der Waals surface area contributed by atoms with Gasteiger partial charge in [0.1, 0.15) is 25.4 Å². The number of benzene rings is 1. The van der Waals surface area contributed by atoms with Crippen molar-refractivity contribution in [2.24, 2.45) is 12.2 Å². The summed E-state index contributed by atoms with van der Waals surface area (Å²) in [6, 6.07) is 13.9. The summed E-state index contributed by atoms with van der Waals surface area (Å²) in [4.78, 5) is 12.3. The van der Waals surface area contributed by atoms with Crippen LogP contribution in [-0.2, 0) is 13.6 Å². The van der Waals surface area contributed by atoms with E-state index in [4.69, 9.17) is 5.21 Å². The molecule has 0 spiro atoms. The van der Waals surface area contributed by atoms with Crippen LogP contribution < -0.4 is 9.88 Å². The Morgan fingerprint density at radius 2 is 1.96 bits per heavy atom. The van der Waals surface area contributed by atoms with E-state index in [0.717, 1.165) is 24.0 Å². The molecule has 0 radical (unpaired) electrons. The Labute approximate surface area is 155 Å². The Hall–Kier alpha value is -2.73. The van der Waals surface area contributed by atoms with Crippen molar-refractivity contribution in [1.29, 1.82) is 0 Å². The first-order valence-electron chi connectivity index (χ1n) is 8.72. The van der Waals surface area contributed by atoms with Crippen molar-refractivity contribution in [2.75, 3.05) is 27.2 Å². The van der Waals surface area contributed by atoms with Crippen LogP contribution in [0.25, 0.3) is 0 Å². The molecule has 6 heteroatoms. The van der Waals surface area contributed by atoms with Crippen molar-refractivity contribution in [1.82, 2.24) is 5.32 Å². The molecule has 0 unspecified atom stereocenters. The first kappa shape index (κ1) is 19.6. The average molecular weight is 356 g/mol. The second kappa shape index (κ2) is 9.10. The van der Waals surface area contributed by atoms with Gasteiger partial charge >= 0.3 is 0 Å². The van der Waals surface area contributed by atoms with E-state index in [-0.39, 0.29) is 5.91 Å². The molecule has 1 heterocycles. The maximum Gasteiger partial charge on any atom is 0.257 e. The van der Waals surface area contributed by atoms with Crippen LogP contribution in [0, 0.1) is 0 Å². The van der Waals surface area contributed by atoms with E-state index in [1.807, 2.05) is 6.07 Å². The van der Waals surface area contributed by atoms with Crippen LogP contribution in [0.1, 0.15) is 28.0 Å². The summed E-state index contributed by atoms with van der Waals surface area (Å²) in [5.74, 6) is -0.0959. The number of amides is 1. The summed E-state index contributed by atoms with van der Waals surface area (Å²) in [6.07, 6.45) is 3.96. The van der Waals surface area contributed by atoms with Gasteiger partial charge < -0.3 is 15.0 Å². The molecule has 2 aromatic rings. The van der Waals surface area contributed by atoms with Gasteiger partial charge in [-0.15, -0.1) is 0 Å². The smallest absolute Gasteiger partial charge is 0.257 e. The maximum atomic E-state index is 12.3. The van der Waals surface area contributed by atoms with Crippen LogP contribution >= 0.6 is 0 Å². The van der Waals surface area contributed by atoms with Crippen LogP contribution in [0.2, 0.25) is 0 Å². The van der Waals surface area contributed by atoms with Gasteiger partial charge in [-0.1, -0.05) is 35.5 Å². The highest BCUT2D eigenvalue weighted by Crippen LogP contribution is 2.09. The molecule has 0 fully saturated rings. The van der Waals surface area contributed by atoms with E-state index in [9.17, 15) is 4.79 Å². The molecule has 0 saturated heterocycles. The quantitative estimate of drug-likeness (QED) is 0.189. The van der Waals surface area contributed by atoms with Gasteiger partial charge in [0.25, 0.3) is 5.91 Å². The number of hydrogen-bond donors (Lipinski definition) is 2. The second-order valence-electron chi connectivity index (χ2n) is 7.11. The van der Waals surface area contributed by atoms with Gasteiger partial charge in [0, 0.05) is 24.6 Å². The summed E-state index contributed by atoms with van der Waals surface area (Å²) in [7, 11) is 6.21. The second-order valence-corrected chi connectivity index (χ2v) is 7.11. The predicted octanol–water partition coefficient (Wildman–Crippen LogP) is 1.72. The molecule has 0 saturated carbocycles. The zero-order valence-corrected chi connectivity index (χ0v) is 15.7. The highest BCUT2D eigenvalue weighted by atomic mass is 16.4. The number of hydrogen-bond acceptors (Lipinski definition) is 3. The van der Waals surface area contributed by atoms with Crippen LogP contribution in [-0.4, -0.2) is 49.0 Å². The summed E-state index contributed by atoms with van der Waals surface area (Å²) in [5, 5.41) is 14.6. The molecule has 26 heavy (non-hydrogen) atoms. The highest BCUT2D eigenvalue weighted by Gasteiger charge is 2.16. The van der Waals surface area contributed by atoms with Crippen LogP contribution in [0.5, 0.6) is 0 Å². The number of oxime groups is 1. The van der Waals surface area contributed by atoms with Gasteiger partial charge in [-0.25, -0.2) is 0 Å². The van der Waals surface area contributed by atoms with Crippen molar-refractivity contribution < 1.29 is 19.1 Å². The normalized spacial score (nSPS) is 11.7. The van der Waals surface area contributed by atoms with Crippen molar-refractivity contribution in [2.45, 2.75) is 13.0 Å². The molecule has 0 aliphatic carbocycles. The minimum absolute atomic E-state index is 0.0959. The molecule has 0 bridgehead atoms. The molecule has 1 aromatic heterocycles. The molecule has 1 amide bonds. The number of aryl methyl sites for hydroxylation is 1. The van der Waals surface area contributed by atoms with Gasteiger partial charge in [0.15, 0.2) is 6.20 Å².